The zero-order valence-electron chi connectivity index (χ0n) is 19.7. The number of ether oxygens (including phenoxy) is 1. The lowest BCUT2D eigenvalue weighted by atomic mass is 9.94. The van der Waals surface area contributed by atoms with Gasteiger partial charge in [-0.1, -0.05) is 19.3 Å². The smallest absolute Gasteiger partial charge is 0.338 e. The maximum Gasteiger partial charge on any atom is 0.338 e. The maximum absolute atomic E-state index is 13.0. The fourth-order valence-corrected chi connectivity index (χ4v) is 4.48. The van der Waals surface area contributed by atoms with E-state index in [2.05, 4.69) is 5.32 Å². The van der Waals surface area contributed by atoms with Crippen LogP contribution < -0.4 is 10.2 Å². The molecule has 1 heterocycles. The Morgan fingerprint density at radius 1 is 0.971 bits per heavy atom. The number of nitrogens with one attached hydrogen (secondary N) is 1. The molecule has 2 aromatic rings. The summed E-state index contributed by atoms with van der Waals surface area (Å²) in [5.41, 5.74) is 1.21. The number of esters is 1. The predicted molar refractivity (Wildman–Crippen MR) is 128 cm³/mol. The molecule has 2 aromatic carbocycles. The van der Waals surface area contributed by atoms with E-state index in [1.807, 2.05) is 0 Å². The Labute approximate surface area is 203 Å². The van der Waals surface area contributed by atoms with Crippen molar-refractivity contribution in [1.82, 2.24) is 4.90 Å². The molecule has 0 radical (unpaired) electrons. The van der Waals surface area contributed by atoms with Crippen molar-refractivity contribution in [2.24, 2.45) is 0 Å². The second-order valence-electron chi connectivity index (χ2n) is 8.81. The van der Waals surface area contributed by atoms with Gasteiger partial charge in [-0.15, -0.1) is 0 Å². The average molecular weight is 478 g/mol. The second kappa shape index (κ2) is 10.1. The van der Waals surface area contributed by atoms with Gasteiger partial charge in [-0.25, -0.2) is 9.69 Å². The molecular formula is C26H27N3O6. The molecule has 0 aromatic heterocycles. The third-order valence-corrected chi connectivity index (χ3v) is 6.41. The highest BCUT2D eigenvalue weighted by Gasteiger charge is 2.37. The van der Waals surface area contributed by atoms with Gasteiger partial charge in [0, 0.05) is 25.7 Å². The minimum Gasteiger partial charge on any atom is -0.452 e. The van der Waals surface area contributed by atoms with Gasteiger partial charge in [0.05, 0.1) is 22.4 Å². The van der Waals surface area contributed by atoms with Gasteiger partial charge in [-0.3, -0.25) is 19.2 Å². The van der Waals surface area contributed by atoms with Crippen molar-refractivity contribution in [2.45, 2.75) is 45.1 Å². The number of carbonyl (C=O) groups excluding carboxylic acids is 5. The fraction of sp³-hybridized carbons (Fsp3) is 0.346. The molecule has 35 heavy (non-hydrogen) atoms. The number of hydrogen-bond donors (Lipinski definition) is 1. The van der Waals surface area contributed by atoms with Crippen LogP contribution in [0.25, 0.3) is 0 Å². The number of imide groups is 1. The summed E-state index contributed by atoms with van der Waals surface area (Å²) in [5, 5.41) is 2.62. The topological polar surface area (TPSA) is 113 Å². The molecule has 2 aliphatic rings. The van der Waals surface area contributed by atoms with Crippen molar-refractivity contribution in [3.05, 3.63) is 59.2 Å². The molecule has 4 amide bonds. The molecule has 1 aliphatic heterocycles. The van der Waals surface area contributed by atoms with Crippen LogP contribution in [-0.2, 0) is 14.3 Å². The van der Waals surface area contributed by atoms with Gasteiger partial charge in [-0.2, -0.15) is 0 Å². The van der Waals surface area contributed by atoms with Gasteiger partial charge in [-0.05, 0) is 55.3 Å². The summed E-state index contributed by atoms with van der Waals surface area (Å²) in [7, 11) is 1.73. The van der Waals surface area contributed by atoms with Crippen LogP contribution in [0.2, 0.25) is 0 Å². The van der Waals surface area contributed by atoms with Crippen LogP contribution in [-0.4, -0.2) is 54.2 Å². The van der Waals surface area contributed by atoms with Crippen LogP contribution in [0.1, 0.15) is 70.1 Å². The molecule has 0 saturated heterocycles. The highest BCUT2D eigenvalue weighted by atomic mass is 16.5. The molecule has 182 valence electrons. The molecule has 1 aliphatic carbocycles. The summed E-state index contributed by atoms with van der Waals surface area (Å²) >= 11 is 0. The molecule has 0 spiro atoms. The predicted octanol–water partition coefficient (Wildman–Crippen LogP) is 3.39. The number of fused-ring (bicyclic) bond motifs is 1. The van der Waals surface area contributed by atoms with E-state index < -0.39 is 17.8 Å². The van der Waals surface area contributed by atoms with Gasteiger partial charge in [0.15, 0.2) is 6.61 Å². The Hall–Kier alpha value is -4.01. The van der Waals surface area contributed by atoms with E-state index in [4.69, 9.17) is 4.74 Å². The molecule has 9 heteroatoms. The summed E-state index contributed by atoms with van der Waals surface area (Å²) in [6.45, 7) is 0.994. The summed E-state index contributed by atoms with van der Waals surface area (Å²) < 4.78 is 5.21. The first-order valence-corrected chi connectivity index (χ1v) is 11.6. The highest BCUT2D eigenvalue weighted by molar-refractivity contribution is 6.34. The van der Waals surface area contributed by atoms with Gasteiger partial charge in [0.2, 0.25) is 5.91 Å². The number of nitrogens with zero attached hydrogens (tertiary/aromatic N) is 2. The number of likely N-dealkylation sites (N-methyl/N-ethyl adjacent to an activating group) is 1. The fourth-order valence-electron chi connectivity index (χ4n) is 4.48. The molecule has 0 unspecified atom stereocenters. The average Bonchev–Trinajstić information content (AvgIpc) is 3.11. The number of hydrogen-bond acceptors (Lipinski definition) is 6. The number of rotatable bonds is 6. The van der Waals surface area contributed by atoms with E-state index in [0.29, 0.717) is 11.4 Å². The Morgan fingerprint density at radius 2 is 1.63 bits per heavy atom. The Balaban J connectivity index is 1.43. The molecule has 1 N–H and O–H groups in total. The molecular weight excluding hydrogens is 450 g/mol. The van der Waals surface area contributed by atoms with Crippen molar-refractivity contribution >= 4 is 41.0 Å². The van der Waals surface area contributed by atoms with Crippen molar-refractivity contribution in [3.8, 4) is 0 Å². The monoisotopic (exact) mass is 477 g/mol. The maximum atomic E-state index is 13.0. The van der Waals surface area contributed by atoms with E-state index in [0.717, 1.165) is 30.6 Å². The first-order chi connectivity index (χ1) is 16.8. The Bertz CT molecular complexity index is 1180. The van der Waals surface area contributed by atoms with Gasteiger partial charge < -0.3 is 15.0 Å². The first kappa shape index (κ1) is 24.1. The highest BCUT2D eigenvalue weighted by Crippen LogP contribution is 2.30. The van der Waals surface area contributed by atoms with E-state index in [1.165, 1.54) is 31.5 Å². The summed E-state index contributed by atoms with van der Waals surface area (Å²) in [4.78, 5) is 64.8. The number of amides is 4. The van der Waals surface area contributed by atoms with Crippen LogP contribution in [0.4, 0.5) is 11.4 Å². The molecule has 9 nitrogen and oxygen atoms in total. The van der Waals surface area contributed by atoms with Crippen molar-refractivity contribution in [1.29, 1.82) is 0 Å². The minimum absolute atomic E-state index is 0.0841. The zero-order chi connectivity index (χ0) is 25.1. The third kappa shape index (κ3) is 5.08. The zero-order valence-corrected chi connectivity index (χ0v) is 19.7. The molecule has 1 saturated carbocycles. The largest absolute Gasteiger partial charge is 0.452 e. The lowest BCUT2D eigenvalue weighted by molar-refractivity contribution is -0.135. The van der Waals surface area contributed by atoms with Gasteiger partial charge in [0.1, 0.15) is 0 Å². The van der Waals surface area contributed by atoms with Crippen LogP contribution >= 0.6 is 0 Å². The quantitative estimate of drug-likeness (QED) is 0.504. The SMILES string of the molecule is CC(=O)Nc1ccc(N2C(=O)c3ccc(C(=O)OCC(=O)N(C)C4CCCCC4)cc3C2=O)cc1. The van der Waals surface area contributed by atoms with E-state index in [1.54, 1.807) is 36.2 Å². The van der Waals surface area contributed by atoms with Crippen LogP contribution in [0.5, 0.6) is 0 Å². The summed E-state index contributed by atoms with van der Waals surface area (Å²) in [6, 6.07) is 10.6. The summed E-state index contributed by atoms with van der Waals surface area (Å²) in [5.74, 6) is -2.33. The normalized spacial score (nSPS) is 15.5. The molecule has 0 bridgehead atoms. The van der Waals surface area contributed by atoms with Crippen LogP contribution in [0.15, 0.2) is 42.5 Å². The lowest BCUT2D eigenvalue weighted by Gasteiger charge is -2.31. The number of anilines is 2. The van der Waals surface area contributed by atoms with Gasteiger partial charge >= 0.3 is 5.97 Å². The molecule has 1 fully saturated rings. The molecule has 4 rings (SSSR count). The second-order valence-corrected chi connectivity index (χ2v) is 8.81. The van der Waals surface area contributed by atoms with E-state index in [-0.39, 0.29) is 41.2 Å². The lowest BCUT2D eigenvalue weighted by Crippen LogP contribution is -2.40. The third-order valence-electron chi connectivity index (χ3n) is 6.41. The van der Waals surface area contributed by atoms with Crippen LogP contribution in [0, 0.1) is 0 Å². The number of carbonyl (C=O) groups is 5. The van der Waals surface area contributed by atoms with E-state index in [9.17, 15) is 24.0 Å². The van der Waals surface area contributed by atoms with Crippen molar-refractivity contribution < 1.29 is 28.7 Å². The van der Waals surface area contributed by atoms with E-state index >= 15 is 0 Å². The first-order valence-electron chi connectivity index (χ1n) is 11.6. The van der Waals surface area contributed by atoms with Gasteiger partial charge in [0.25, 0.3) is 17.7 Å². The number of benzene rings is 2. The van der Waals surface area contributed by atoms with Crippen LogP contribution in [0.3, 0.4) is 0 Å². The Kier molecular flexibility index (Phi) is 6.95. The van der Waals surface area contributed by atoms with Crippen molar-refractivity contribution in [2.75, 3.05) is 23.9 Å². The van der Waals surface area contributed by atoms with Crippen molar-refractivity contribution in [3.63, 3.8) is 0 Å². The minimum atomic E-state index is -0.739. The molecule has 0 atom stereocenters. The Morgan fingerprint density at radius 3 is 2.29 bits per heavy atom. The standard InChI is InChI=1S/C26H27N3O6/c1-16(30)27-18-9-11-20(12-10-18)29-24(32)21-13-8-17(14-22(21)25(29)33)26(34)35-15-23(31)28(2)19-6-4-3-5-7-19/h8-14,19H,3-7,15H2,1-2H3,(H,27,30). The summed E-state index contributed by atoms with van der Waals surface area (Å²) in [6.07, 6.45) is 5.24.